The van der Waals surface area contributed by atoms with Crippen LogP contribution in [0.4, 0.5) is 0 Å². The van der Waals surface area contributed by atoms with Gasteiger partial charge in [-0.15, -0.1) is 0 Å². The number of phosphoric ester groups is 1. The average molecular weight is 1240 g/mol. The van der Waals surface area contributed by atoms with E-state index in [1.807, 2.05) is 33.3 Å². The van der Waals surface area contributed by atoms with E-state index in [-0.39, 0.29) is 25.1 Å². The van der Waals surface area contributed by atoms with E-state index >= 15 is 0 Å². The summed E-state index contributed by atoms with van der Waals surface area (Å²) < 4.78 is 30.9. The van der Waals surface area contributed by atoms with Crippen LogP contribution in [0.1, 0.15) is 367 Å². The van der Waals surface area contributed by atoms with Gasteiger partial charge in [0.15, 0.2) is 0 Å². The summed E-state index contributed by atoms with van der Waals surface area (Å²) in [5.74, 6) is -0.492. The Kier molecular flexibility index (Phi) is 64.9. The summed E-state index contributed by atoms with van der Waals surface area (Å²) in [5.41, 5.74) is 0. The highest BCUT2D eigenvalue weighted by Gasteiger charge is 2.30. The van der Waals surface area contributed by atoms with Crippen molar-refractivity contribution >= 4 is 19.7 Å². The second-order valence-corrected chi connectivity index (χ2v) is 28.3. The number of nitrogens with one attached hydrogen (secondary N) is 1. The highest BCUT2D eigenvalue weighted by molar-refractivity contribution is 7.47. The number of carbonyl (C=O) groups is 2. The first kappa shape index (κ1) is 84.7. The molecule has 510 valence electrons. The molecule has 0 aromatic carbocycles. The van der Waals surface area contributed by atoms with Crippen LogP contribution in [0, 0.1) is 0 Å². The van der Waals surface area contributed by atoms with Gasteiger partial charge < -0.3 is 19.4 Å². The number of amides is 1. The normalized spacial score (nSPS) is 13.8. The highest BCUT2D eigenvalue weighted by Crippen LogP contribution is 2.43. The zero-order valence-corrected chi connectivity index (χ0v) is 59.4. The van der Waals surface area contributed by atoms with E-state index in [1.165, 1.54) is 257 Å². The number of allylic oxidation sites excluding steroid dienone is 9. The largest absolute Gasteiger partial charge is 0.472 e. The molecular formula is C77H146N2O7P+. The Hall–Kier alpha value is -2.29. The molecule has 0 aliphatic carbocycles. The number of quaternary nitrogens is 1. The summed E-state index contributed by atoms with van der Waals surface area (Å²) in [6.45, 7) is 7.03. The summed E-state index contributed by atoms with van der Waals surface area (Å²) >= 11 is 0. The van der Waals surface area contributed by atoms with Crippen molar-refractivity contribution in [2.75, 3.05) is 40.9 Å². The highest BCUT2D eigenvalue weighted by atomic mass is 31.2. The van der Waals surface area contributed by atoms with Crippen molar-refractivity contribution in [3.05, 3.63) is 60.8 Å². The maximum atomic E-state index is 13.6. The van der Waals surface area contributed by atoms with Crippen LogP contribution in [0.15, 0.2) is 60.8 Å². The van der Waals surface area contributed by atoms with Crippen LogP contribution in [0.5, 0.6) is 0 Å². The molecule has 9 nitrogen and oxygen atoms in total. The molecule has 0 fully saturated rings. The van der Waals surface area contributed by atoms with Crippen LogP contribution < -0.4 is 5.32 Å². The molecule has 0 radical (unpaired) electrons. The Labute approximate surface area is 541 Å². The molecule has 0 bridgehead atoms. The molecule has 1 amide bonds. The van der Waals surface area contributed by atoms with Gasteiger partial charge in [-0.3, -0.25) is 18.6 Å². The van der Waals surface area contributed by atoms with Crippen molar-refractivity contribution < 1.29 is 37.3 Å². The van der Waals surface area contributed by atoms with Crippen molar-refractivity contribution in [2.24, 2.45) is 0 Å². The average Bonchev–Trinajstić information content (AvgIpc) is 3.70. The summed E-state index contributed by atoms with van der Waals surface area (Å²) in [4.78, 5) is 37.9. The number of carbonyl (C=O) groups excluding carboxylic acids is 2. The third-order valence-corrected chi connectivity index (χ3v) is 17.9. The Morgan fingerprint density at radius 3 is 1.07 bits per heavy atom. The second kappa shape index (κ2) is 66.6. The molecule has 0 aliphatic rings. The van der Waals surface area contributed by atoms with Gasteiger partial charge in [0.1, 0.15) is 19.3 Å². The number of unbranched alkanes of at least 4 members (excludes halogenated alkanes) is 45. The fourth-order valence-electron chi connectivity index (χ4n) is 11.2. The number of phosphoric acid groups is 1. The minimum atomic E-state index is -4.46. The van der Waals surface area contributed by atoms with Crippen molar-refractivity contribution in [2.45, 2.75) is 380 Å². The van der Waals surface area contributed by atoms with Gasteiger partial charge in [-0.1, -0.05) is 339 Å². The number of hydrogen-bond acceptors (Lipinski definition) is 6. The molecule has 0 rings (SSSR count). The molecule has 0 saturated carbocycles. The van der Waals surface area contributed by atoms with Crippen molar-refractivity contribution in [3.63, 3.8) is 0 Å². The maximum absolute atomic E-state index is 13.6. The fraction of sp³-hybridized carbons (Fsp3) is 0.844. The van der Waals surface area contributed by atoms with Crippen LogP contribution in [0.25, 0.3) is 0 Å². The van der Waals surface area contributed by atoms with Crippen LogP contribution in [-0.4, -0.2) is 74.3 Å². The number of nitrogens with zero attached hydrogens (tertiary/aromatic N) is 1. The van der Waals surface area contributed by atoms with E-state index in [4.69, 9.17) is 13.8 Å². The molecule has 0 aromatic rings. The second-order valence-electron chi connectivity index (χ2n) is 26.8. The number of likely N-dealkylation sites (N-methyl/N-ethyl adjacent to an activating group) is 1. The zero-order valence-electron chi connectivity index (χ0n) is 58.5. The molecule has 0 aromatic heterocycles. The lowest BCUT2D eigenvalue weighted by molar-refractivity contribution is -0.870. The van der Waals surface area contributed by atoms with Gasteiger partial charge in [-0.25, -0.2) is 4.57 Å². The van der Waals surface area contributed by atoms with Gasteiger partial charge in [0.2, 0.25) is 5.91 Å². The summed E-state index contributed by atoms with van der Waals surface area (Å²) in [6.07, 6.45) is 86.7. The number of esters is 1. The predicted octanol–water partition coefficient (Wildman–Crippen LogP) is 24.1. The Bertz CT molecular complexity index is 1670. The lowest BCUT2D eigenvalue weighted by atomic mass is 10.0. The molecule has 3 atom stereocenters. The van der Waals surface area contributed by atoms with Crippen molar-refractivity contribution in [3.8, 4) is 0 Å². The van der Waals surface area contributed by atoms with Gasteiger partial charge in [-0.05, 0) is 76.7 Å². The Morgan fingerprint density at radius 1 is 0.402 bits per heavy atom. The minimum Gasteiger partial charge on any atom is -0.456 e. The maximum Gasteiger partial charge on any atom is 0.472 e. The van der Waals surface area contributed by atoms with Crippen LogP contribution in [0.2, 0.25) is 0 Å². The first-order valence-electron chi connectivity index (χ1n) is 37.6. The van der Waals surface area contributed by atoms with Gasteiger partial charge in [0.05, 0.1) is 33.8 Å². The zero-order chi connectivity index (χ0) is 63.5. The monoisotopic (exact) mass is 1240 g/mol. The standard InChI is InChI=1S/C77H145N2O7P/c1-7-10-13-16-19-22-25-27-29-31-33-35-37-38-39-40-42-43-45-47-49-51-54-57-60-63-66-69-76(80)78-74(73-85-87(82,83)84-72-71-79(4,5)6)75(68-65-62-59-56-53-24-21-18-15-12-9-3)86-77(81)70-67-64-61-58-55-52-50-48-46-44-41-36-34-32-30-28-26-23-20-17-14-11-8-2/h19,22,27,29,33,35,38-39,65,68,74-75H,7-18,20-21,23-26,28,30-32,34,36-37,40-64,66-67,69-73H2,1-6H3,(H-,78,80,82,83)/p+1/b22-19-,29-27-,35-33-,39-38-,68-65+. The molecule has 0 aliphatic heterocycles. The van der Waals surface area contributed by atoms with E-state index in [2.05, 4.69) is 74.7 Å². The molecule has 10 heteroatoms. The molecule has 3 unspecified atom stereocenters. The van der Waals surface area contributed by atoms with E-state index < -0.39 is 20.0 Å². The minimum absolute atomic E-state index is 0.0404. The number of ether oxygens (including phenoxy) is 1. The number of hydrogen-bond donors (Lipinski definition) is 2. The van der Waals surface area contributed by atoms with Crippen LogP contribution in [-0.2, 0) is 27.9 Å². The van der Waals surface area contributed by atoms with E-state index in [0.717, 1.165) is 77.0 Å². The smallest absolute Gasteiger partial charge is 0.456 e. The molecule has 0 saturated heterocycles. The fourth-order valence-corrected chi connectivity index (χ4v) is 11.9. The molecule has 2 N–H and O–H groups in total. The summed E-state index contributed by atoms with van der Waals surface area (Å²) in [6, 6.07) is -0.850. The van der Waals surface area contributed by atoms with Crippen LogP contribution >= 0.6 is 7.82 Å². The predicted molar refractivity (Wildman–Crippen MR) is 378 cm³/mol. The summed E-state index contributed by atoms with van der Waals surface area (Å²) in [5, 5.41) is 3.08. The summed E-state index contributed by atoms with van der Waals surface area (Å²) in [7, 11) is 1.51. The van der Waals surface area contributed by atoms with Crippen LogP contribution in [0.3, 0.4) is 0 Å². The first-order valence-corrected chi connectivity index (χ1v) is 39.1. The first-order chi connectivity index (χ1) is 42.4. The SMILES string of the molecule is CCCCC/C=C\C/C=C\C/C=C\C/C=C\CCCCCCCCCCCCCC(=O)NC(COP(=O)(O)OCC[N+](C)(C)C)C(/C=C/CCCCCCCCCCC)OC(=O)CCCCCCCCCCCCCCCCCCCCCCCCC. The molecule has 0 spiro atoms. The van der Waals surface area contributed by atoms with Gasteiger partial charge in [-0.2, -0.15) is 0 Å². The Morgan fingerprint density at radius 2 is 0.701 bits per heavy atom. The lowest BCUT2D eigenvalue weighted by Gasteiger charge is -2.27. The molecule has 0 heterocycles. The third kappa shape index (κ3) is 67.9. The van der Waals surface area contributed by atoms with Gasteiger partial charge in [0.25, 0.3) is 0 Å². The lowest BCUT2D eigenvalue weighted by Crippen LogP contribution is -2.47. The molecular weight excluding hydrogens is 1100 g/mol. The number of rotatable bonds is 69. The van der Waals surface area contributed by atoms with Crippen molar-refractivity contribution in [1.82, 2.24) is 5.32 Å². The van der Waals surface area contributed by atoms with Gasteiger partial charge in [0, 0.05) is 12.8 Å². The van der Waals surface area contributed by atoms with E-state index in [9.17, 15) is 19.0 Å². The van der Waals surface area contributed by atoms with Gasteiger partial charge >= 0.3 is 13.8 Å². The quantitative estimate of drug-likeness (QED) is 0.0205. The third-order valence-electron chi connectivity index (χ3n) is 17.0. The van der Waals surface area contributed by atoms with E-state index in [1.54, 1.807) is 0 Å². The topological polar surface area (TPSA) is 111 Å². The van der Waals surface area contributed by atoms with Crippen molar-refractivity contribution in [1.29, 1.82) is 0 Å². The van der Waals surface area contributed by atoms with E-state index in [0.29, 0.717) is 23.9 Å². The Balaban J connectivity index is 4.94. The molecule has 87 heavy (non-hydrogen) atoms.